The Kier molecular flexibility index (Phi) is 4.82. The quantitative estimate of drug-likeness (QED) is 0.535. The van der Waals surface area contributed by atoms with Gasteiger partial charge in [-0.25, -0.2) is 9.14 Å². The molecule has 2 heteroatoms. The molecule has 28 heavy (non-hydrogen) atoms. The van der Waals surface area contributed by atoms with Gasteiger partial charge in [-0.2, -0.15) is 0 Å². The number of aromatic nitrogens is 1. The lowest BCUT2D eigenvalue weighted by molar-refractivity contribution is -0.644. The molecule has 1 aliphatic rings. The molecule has 0 amide bonds. The maximum atomic E-state index is 2.47. The Hall–Kier alpha value is -2.48. The van der Waals surface area contributed by atoms with E-state index in [0.717, 1.165) is 6.42 Å². The third-order valence-corrected chi connectivity index (χ3v) is 6.50. The zero-order valence-electron chi connectivity index (χ0n) is 17.9. The van der Waals surface area contributed by atoms with E-state index in [-0.39, 0.29) is 5.41 Å². The van der Waals surface area contributed by atoms with Crippen LogP contribution >= 0.6 is 0 Å². The average Bonchev–Trinajstić information content (AvgIpc) is 2.88. The summed E-state index contributed by atoms with van der Waals surface area (Å²) in [4.78, 5) is 0. The minimum absolute atomic E-state index is 0.0778. The molecule has 0 aliphatic carbocycles. The van der Waals surface area contributed by atoms with E-state index in [2.05, 4.69) is 105 Å². The van der Waals surface area contributed by atoms with Gasteiger partial charge in [0.25, 0.3) is 0 Å². The fourth-order valence-corrected chi connectivity index (χ4v) is 5.28. The standard InChI is InChI=1S/C26H32N2/c1-6-10-21(18-19-14-15-23-20(17-19)11-9-16-27(23)4)25-26(2,3)22-12-7-8-13-24(22)28(25)5/h7-9,11-17,21H,6,10,18H2,1-5H3/q+2. The van der Waals surface area contributed by atoms with E-state index < -0.39 is 0 Å². The molecule has 0 spiro atoms. The Labute approximate surface area is 169 Å². The topological polar surface area (TPSA) is 6.89 Å². The Morgan fingerprint density at radius 3 is 2.50 bits per heavy atom. The van der Waals surface area contributed by atoms with Crippen molar-refractivity contribution in [1.82, 2.24) is 0 Å². The molecule has 0 fully saturated rings. The van der Waals surface area contributed by atoms with Crippen LogP contribution in [0.25, 0.3) is 10.9 Å². The lowest BCUT2D eigenvalue weighted by Crippen LogP contribution is -2.36. The molecule has 1 aliphatic heterocycles. The lowest BCUT2D eigenvalue weighted by atomic mass is 9.74. The summed E-state index contributed by atoms with van der Waals surface area (Å²) < 4.78 is 4.67. The Balaban J connectivity index is 1.74. The average molecular weight is 373 g/mol. The van der Waals surface area contributed by atoms with E-state index >= 15 is 0 Å². The second-order valence-corrected chi connectivity index (χ2v) is 8.79. The molecule has 2 nitrogen and oxygen atoms in total. The molecule has 3 aromatic rings. The zero-order chi connectivity index (χ0) is 19.9. The van der Waals surface area contributed by atoms with E-state index in [1.807, 2.05) is 0 Å². The van der Waals surface area contributed by atoms with Crippen LogP contribution in [0, 0.1) is 5.92 Å². The molecule has 0 radical (unpaired) electrons. The first kappa shape index (κ1) is 18.9. The monoisotopic (exact) mass is 372 g/mol. The van der Waals surface area contributed by atoms with Gasteiger partial charge in [0.2, 0.25) is 11.2 Å². The maximum Gasteiger partial charge on any atom is 0.212 e. The molecular formula is C26H32N2+2. The third-order valence-electron chi connectivity index (χ3n) is 6.50. The lowest BCUT2D eigenvalue weighted by Gasteiger charge is -2.24. The molecule has 4 rings (SSSR count). The Bertz CT molecular complexity index is 1060. The molecule has 0 saturated carbocycles. The van der Waals surface area contributed by atoms with Crippen LogP contribution in [0.1, 0.15) is 44.7 Å². The fourth-order valence-electron chi connectivity index (χ4n) is 5.28. The predicted octanol–water partition coefficient (Wildman–Crippen LogP) is 5.33. The van der Waals surface area contributed by atoms with Gasteiger partial charge in [0.15, 0.2) is 11.9 Å². The molecule has 0 saturated heterocycles. The van der Waals surface area contributed by atoms with E-state index in [9.17, 15) is 0 Å². The van der Waals surface area contributed by atoms with Crippen molar-refractivity contribution in [2.75, 3.05) is 7.05 Å². The molecular weight excluding hydrogens is 340 g/mol. The second-order valence-electron chi connectivity index (χ2n) is 8.79. The third kappa shape index (κ3) is 3.05. The molecule has 2 heterocycles. The second kappa shape index (κ2) is 7.16. The first-order valence-corrected chi connectivity index (χ1v) is 10.5. The molecule has 1 aromatic heterocycles. The van der Waals surface area contributed by atoms with Gasteiger partial charge in [0, 0.05) is 35.1 Å². The van der Waals surface area contributed by atoms with Gasteiger partial charge in [-0.15, -0.1) is 0 Å². The molecule has 2 aromatic carbocycles. The van der Waals surface area contributed by atoms with Crippen molar-refractivity contribution in [3.05, 3.63) is 71.9 Å². The molecule has 1 unspecified atom stereocenters. The van der Waals surface area contributed by atoms with Crippen LogP contribution < -0.4 is 4.57 Å². The van der Waals surface area contributed by atoms with Gasteiger partial charge >= 0.3 is 0 Å². The summed E-state index contributed by atoms with van der Waals surface area (Å²) in [5, 5.41) is 1.32. The number of benzene rings is 2. The van der Waals surface area contributed by atoms with Crippen molar-refractivity contribution in [1.29, 1.82) is 0 Å². The summed E-state index contributed by atoms with van der Waals surface area (Å²) in [7, 11) is 4.37. The van der Waals surface area contributed by atoms with Crippen molar-refractivity contribution in [2.45, 2.75) is 45.4 Å². The molecule has 0 bridgehead atoms. The fraction of sp³-hybridized carbons (Fsp3) is 0.385. The van der Waals surface area contributed by atoms with E-state index in [1.165, 1.54) is 40.6 Å². The number of para-hydroxylation sites is 1. The van der Waals surface area contributed by atoms with Crippen molar-refractivity contribution >= 4 is 22.3 Å². The number of rotatable bonds is 5. The highest BCUT2D eigenvalue weighted by Crippen LogP contribution is 2.42. The van der Waals surface area contributed by atoms with Crippen molar-refractivity contribution in [3.8, 4) is 0 Å². The largest absolute Gasteiger partial charge is 0.212 e. The number of hydrogen-bond donors (Lipinski definition) is 0. The first-order chi connectivity index (χ1) is 13.4. The van der Waals surface area contributed by atoms with Crippen LogP contribution in [0.5, 0.6) is 0 Å². The summed E-state index contributed by atoms with van der Waals surface area (Å²) in [5.41, 5.74) is 7.19. The van der Waals surface area contributed by atoms with E-state index in [4.69, 9.17) is 0 Å². The number of hydrogen-bond acceptors (Lipinski definition) is 0. The highest BCUT2D eigenvalue weighted by Gasteiger charge is 2.47. The molecule has 0 N–H and O–H groups in total. The summed E-state index contributed by atoms with van der Waals surface area (Å²) in [6.45, 7) is 7.10. The van der Waals surface area contributed by atoms with Crippen LogP contribution in [0.2, 0.25) is 0 Å². The smallest absolute Gasteiger partial charge is 0.201 e. The van der Waals surface area contributed by atoms with Crippen molar-refractivity contribution < 1.29 is 9.14 Å². The highest BCUT2D eigenvalue weighted by atomic mass is 15.0. The Morgan fingerprint density at radius 2 is 1.75 bits per heavy atom. The van der Waals surface area contributed by atoms with Gasteiger partial charge in [-0.05, 0) is 44.4 Å². The van der Waals surface area contributed by atoms with E-state index in [1.54, 1.807) is 5.71 Å². The molecule has 1 atom stereocenters. The van der Waals surface area contributed by atoms with Gasteiger partial charge in [-0.1, -0.05) is 37.6 Å². The summed E-state index contributed by atoms with van der Waals surface area (Å²) in [5.74, 6) is 0.548. The van der Waals surface area contributed by atoms with Gasteiger partial charge in [0.05, 0.1) is 5.41 Å². The van der Waals surface area contributed by atoms with Gasteiger partial charge in [0.1, 0.15) is 14.1 Å². The van der Waals surface area contributed by atoms with Gasteiger partial charge in [-0.3, -0.25) is 0 Å². The van der Waals surface area contributed by atoms with Crippen LogP contribution in [0.3, 0.4) is 0 Å². The zero-order valence-corrected chi connectivity index (χ0v) is 17.9. The number of aryl methyl sites for hydroxylation is 1. The normalized spacial score (nSPS) is 16.5. The van der Waals surface area contributed by atoms with Crippen LogP contribution in [0.15, 0.2) is 60.8 Å². The highest BCUT2D eigenvalue weighted by molar-refractivity contribution is 5.97. The van der Waals surface area contributed by atoms with Crippen molar-refractivity contribution in [3.63, 3.8) is 0 Å². The SMILES string of the molecule is CCCC(Cc1ccc2c(ccc[n+]2C)c1)C1=[N+](C)c2ccccc2C1(C)C. The van der Waals surface area contributed by atoms with Crippen LogP contribution in [-0.2, 0) is 18.9 Å². The van der Waals surface area contributed by atoms with Crippen molar-refractivity contribution in [2.24, 2.45) is 13.0 Å². The summed E-state index contributed by atoms with van der Waals surface area (Å²) >= 11 is 0. The predicted molar refractivity (Wildman–Crippen MR) is 118 cm³/mol. The summed E-state index contributed by atoms with van der Waals surface area (Å²) in [6.07, 6.45) is 5.64. The van der Waals surface area contributed by atoms with Crippen LogP contribution in [-0.4, -0.2) is 17.3 Å². The minimum Gasteiger partial charge on any atom is -0.201 e. The number of nitrogens with zero attached hydrogens (tertiary/aromatic N) is 2. The minimum atomic E-state index is 0.0778. The molecule has 144 valence electrons. The first-order valence-electron chi connectivity index (χ1n) is 10.5. The number of fused-ring (bicyclic) bond motifs is 2. The van der Waals surface area contributed by atoms with Gasteiger partial charge < -0.3 is 0 Å². The van der Waals surface area contributed by atoms with Crippen LogP contribution in [0.4, 0.5) is 5.69 Å². The van der Waals surface area contributed by atoms with E-state index in [0.29, 0.717) is 5.92 Å². The maximum absolute atomic E-state index is 2.47. The summed E-state index contributed by atoms with van der Waals surface area (Å²) in [6, 6.07) is 20.2. The number of pyridine rings is 1. The Morgan fingerprint density at radius 1 is 0.964 bits per heavy atom.